The molecule has 0 N–H and O–H groups in total. The number of halogens is 2. The van der Waals surface area contributed by atoms with Gasteiger partial charge in [0.2, 0.25) is 0 Å². The van der Waals surface area contributed by atoms with Gasteiger partial charge in [0.25, 0.3) is 0 Å². The summed E-state index contributed by atoms with van der Waals surface area (Å²) in [5, 5.41) is 5.20. The van der Waals surface area contributed by atoms with E-state index in [-0.39, 0.29) is 10.8 Å². The first kappa shape index (κ1) is 25.2. The minimum absolute atomic E-state index is 0.0635. The van der Waals surface area contributed by atoms with Gasteiger partial charge in [-0.2, -0.15) is 0 Å². The summed E-state index contributed by atoms with van der Waals surface area (Å²) in [6.07, 6.45) is 0. The SMILES string of the molecule is CC(C)(C)c1ccc2c(-c3ccc(Br)cc3)c3cc(C(C)(C)C)ccc3c(-c3ccc(Br)cc3)c2c1. The highest BCUT2D eigenvalue weighted by Crippen LogP contribution is 2.46. The van der Waals surface area contributed by atoms with E-state index in [1.54, 1.807) is 0 Å². The van der Waals surface area contributed by atoms with Crippen LogP contribution in [0.1, 0.15) is 52.7 Å². The molecule has 0 amide bonds. The average molecular weight is 600 g/mol. The molecule has 0 aliphatic heterocycles. The normalized spacial score (nSPS) is 12.4. The molecule has 0 heterocycles. The van der Waals surface area contributed by atoms with Crippen LogP contribution in [0, 0.1) is 0 Å². The van der Waals surface area contributed by atoms with Gasteiger partial charge in [0, 0.05) is 8.95 Å². The van der Waals surface area contributed by atoms with Crippen molar-refractivity contribution in [1.82, 2.24) is 0 Å². The molecule has 182 valence electrons. The number of hydrogen-bond donors (Lipinski definition) is 0. The Morgan fingerprint density at radius 2 is 0.750 bits per heavy atom. The van der Waals surface area contributed by atoms with Crippen molar-refractivity contribution < 1.29 is 0 Å². The molecular formula is C34H32Br2. The molecule has 0 saturated carbocycles. The molecule has 0 spiro atoms. The first-order chi connectivity index (χ1) is 16.9. The summed E-state index contributed by atoms with van der Waals surface area (Å²) in [5.74, 6) is 0. The van der Waals surface area contributed by atoms with Crippen LogP contribution in [0.2, 0.25) is 0 Å². The van der Waals surface area contributed by atoms with E-state index in [0.717, 1.165) is 8.95 Å². The van der Waals surface area contributed by atoms with Crippen LogP contribution in [-0.4, -0.2) is 0 Å². The second-order valence-corrected chi connectivity index (χ2v) is 13.6. The van der Waals surface area contributed by atoms with Crippen LogP contribution >= 0.6 is 31.9 Å². The average Bonchev–Trinajstić information content (AvgIpc) is 2.82. The third-order valence-corrected chi connectivity index (χ3v) is 8.17. The van der Waals surface area contributed by atoms with E-state index in [1.807, 2.05) is 0 Å². The Morgan fingerprint density at radius 1 is 0.417 bits per heavy atom. The molecule has 36 heavy (non-hydrogen) atoms. The van der Waals surface area contributed by atoms with Crippen LogP contribution in [-0.2, 0) is 10.8 Å². The summed E-state index contributed by atoms with van der Waals surface area (Å²) in [6.45, 7) is 13.7. The Labute approximate surface area is 232 Å². The predicted octanol–water partition coefficient (Wildman–Crippen LogP) is 11.4. The lowest BCUT2D eigenvalue weighted by molar-refractivity contribution is 0.590. The molecule has 0 fully saturated rings. The van der Waals surface area contributed by atoms with Crippen molar-refractivity contribution in [3.05, 3.63) is 105 Å². The zero-order valence-corrected chi connectivity index (χ0v) is 25.0. The van der Waals surface area contributed by atoms with Crippen LogP contribution in [0.4, 0.5) is 0 Å². The maximum Gasteiger partial charge on any atom is 0.0175 e. The van der Waals surface area contributed by atoms with Crippen LogP contribution in [0.25, 0.3) is 43.8 Å². The Morgan fingerprint density at radius 3 is 1.06 bits per heavy atom. The lowest BCUT2D eigenvalue weighted by Crippen LogP contribution is -2.11. The van der Waals surface area contributed by atoms with E-state index < -0.39 is 0 Å². The van der Waals surface area contributed by atoms with E-state index in [2.05, 4.69) is 158 Å². The lowest BCUT2D eigenvalue weighted by Gasteiger charge is -2.25. The van der Waals surface area contributed by atoms with Gasteiger partial charge in [-0.1, -0.05) is 122 Å². The van der Waals surface area contributed by atoms with Crippen molar-refractivity contribution in [2.75, 3.05) is 0 Å². The van der Waals surface area contributed by atoms with Gasteiger partial charge in [0.1, 0.15) is 0 Å². The van der Waals surface area contributed by atoms with Crippen molar-refractivity contribution in [1.29, 1.82) is 0 Å². The van der Waals surface area contributed by atoms with Crippen molar-refractivity contribution in [2.24, 2.45) is 0 Å². The fraction of sp³-hybridized carbons (Fsp3) is 0.235. The van der Waals surface area contributed by atoms with Crippen LogP contribution < -0.4 is 0 Å². The molecule has 5 aromatic carbocycles. The fourth-order valence-electron chi connectivity index (χ4n) is 5.02. The predicted molar refractivity (Wildman–Crippen MR) is 165 cm³/mol. The second-order valence-electron chi connectivity index (χ2n) is 11.8. The summed E-state index contributed by atoms with van der Waals surface area (Å²) in [7, 11) is 0. The molecule has 0 aliphatic carbocycles. The van der Waals surface area contributed by atoms with Crippen molar-refractivity contribution in [2.45, 2.75) is 52.4 Å². The Bertz CT molecular complexity index is 1450. The zero-order valence-electron chi connectivity index (χ0n) is 21.8. The topological polar surface area (TPSA) is 0 Å². The zero-order chi connectivity index (χ0) is 25.8. The van der Waals surface area contributed by atoms with E-state index >= 15 is 0 Å². The minimum Gasteiger partial charge on any atom is -0.0578 e. The van der Waals surface area contributed by atoms with Gasteiger partial charge in [-0.3, -0.25) is 0 Å². The quantitative estimate of drug-likeness (QED) is 0.177. The van der Waals surface area contributed by atoms with E-state index in [9.17, 15) is 0 Å². The highest BCUT2D eigenvalue weighted by atomic mass is 79.9. The molecular weight excluding hydrogens is 568 g/mol. The molecule has 0 aromatic heterocycles. The molecule has 0 atom stereocenters. The summed E-state index contributed by atoms with van der Waals surface area (Å²) in [6, 6.07) is 31.7. The summed E-state index contributed by atoms with van der Waals surface area (Å²) < 4.78 is 2.19. The number of benzene rings is 5. The monoisotopic (exact) mass is 598 g/mol. The third-order valence-electron chi connectivity index (χ3n) is 7.11. The molecule has 0 radical (unpaired) electrons. The Balaban J connectivity index is 2.01. The third kappa shape index (κ3) is 4.66. The van der Waals surface area contributed by atoms with Crippen LogP contribution in [0.3, 0.4) is 0 Å². The summed E-state index contributed by atoms with van der Waals surface area (Å²) in [4.78, 5) is 0. The van der Waals surface area contributed by atoms with Gasteiger partial charge in [0.15, 0.2) is 0 Å². The maximum absolute atomic E-state index is 3.63. The van der Waals surface area contributed by atoms with Crippen LogP contribution in [0.15, 0.2) is 93.9 Å². The summed E-state index contributed by atoms with van der Waals surface area (Å²) in [5.41, 5.74) is 7.92. The van der Waals surface area contributed by atoms with Crippen molar-refractivity contribution >= 4 is 53.4 Å². The fourth-order valence-corrected chi connectivity index (χ4v) is 5.55. The number of hydrogen-bond acceptors (Lipinski definition) is 0. The Kier molecular flexibility index (Phi) is 6.42. The van der Waals surface area contributed by atoms with Gasteiger partial charge in [0.05, 0.1) is 0 Å². The summed E-state index contributed by atoms with van der Waals surface area (Å²) >= 11 is 7.26. The molecule has 0 unspecified atom stereocenters. The molecule has 0 aliphatic rings. The number of rotatable bonds is 2. The van der Waals surface area contributed by atoms with Gasteiger partial charge in [-0.25, -0.2) is 0 Å². The Hall–Kier alpha value is -2.42. The minimum atomic E-state index is 0.0635. The molecule has 5 aromatic rings. The van der Waals surface area contributed by atoms with Gasteiger partial charge >= 0.3 is 0 Å². The maximum atomic E-state index is 3.63. The highest BCUT2D eigenvalue weighted by molar-refractivity contribution is 9.10. The second kappa shape index (κ2) is 9.15. The van der Waals surface area contributed by atoms with Gasteiger partial charge in [-0.15, -0.1) is 0 Å². The van der Waals surface area contributed by atoms with E-state index in [4.69, 9.17) is 0 Å². The van der Waals surface area contributed by atoms with Gasteiger partial charge < -0.3 is 0 Å². The molecule has 0 nitrogen and oxygen atoms in total. The van der Waals surface area contributed by atoms with Crippen molar-refractivity contribution in [3.8, 4) is 22.3 Å². The molecule has 2 heteroatoms. The largest absolute Gasteiger partial charge is 0.0578 e. The molecule has 0 bridgehead atoms. The molecule has 0 saturated heterocycles. The first-order valence-corrected chi connectivity index (χ1v) is 14.1. The lowest BCUT2D eigenvalue weighted by atomic mass is 9.79. The first-order valence-electron chi connectivity index (χ1n) is 12.5. The molecule has 5 rings (SSSR count). The standard InChI is InChI=1S/C34H32Br2/c1-33(2,3)23-11-17-27-29(19-23)31(21-7-13-25(35)14-8-21)28-18-12-24(34(4,5)6)20-30(28)32(27)22-9-15-26(36)16-10-22/h7-20H,1-6H3. The van der Waals surface area contributed by atoms with E-state index in [1.165, 1.54) is 54.9 Å². The smallest absolute Gasteiger partial charge is 0.0175 e. The van der Waals surface area contributed by atoms with Crippen molar-refractivity contribution in [3.63, 3.8) is 0 Å². The highest BCUT2D eigenvalue weighted by Gasteiger charge is 2.22. The van der Waals surface area contributed by atoms with E-state index in [0.29, 0.717) is 0 Å². The van der Waals surface area contributed by atoms with Gasteiger partial charge in [-0.05, 0) is 102 Å². The number of fused-ring (bicyclic) bond motifs is 2. The van der Waals surface area contributed by atoms with Crippen LogP contribution in [0.5, 0.6) is 0 Å².